The van der Waals surface area contributed by atoms with Crippen molar-refractivity contribution in [3.63, 3.8) is 0 Å². The lowest BCUT2D eigenvalue weighted by Crippen LogP contribution is -2.42. The van der Waals surface area contributed by atoms with E-state index in [1.54, 1.807) is 0 Å². The number of hydrogen-bond donors (Lipinski definition) is 0. The molecular formula is C35H43N3O4. The van der Waals surface area contributed by atoms with Crippen molar-refractivity contribution < 1.29 is 19.1 Å². The van der Waals surface area contributed by atoms with E-state index in [2.05, 4.69) is 40.7 Å². The molecule has 3 aromatic carbocycles. The number of Topliss-reactive ketones (excluding diaryl/α,β-unsaturated/α-hetero) is 2. The summed E-state index contributed by atoms with van der Waals surface area (Å²) in [6, 6.07) is 26.1. The van der Waals surface area contributed by atoms with E-state index >= 15 is 0 Å². The van der Waals surface area contributed by atoms with E-state index in [9.17, 15) is 9.59 Å². The molecule has 222 valence electrons. The molecule has 0 aromatic heterocycles. The van der Waals surface area contributed by atoms with Gasteiger partial charge >= 0.3 is 0 Å². The Bertz CT molecular complexity index is 1200. The molecule has 7 heteroatoms. The number of hydrogen-bond acceptors (Lipinski definition) is 7. The van der Waals surface area contributed by atoms with Gasteiger partial charge in [-0.15, -0.1) is 0 Å². The van der Waals surface area contributed by atoms with E-state index in [0.717, 1.165) is 75.1 Å². The number of ether oxygens (including phenoxy) is 2. The Morgan fingerprint density at radius 2 is 1.05 bits per heavy atom. The third-order valence-electron chi connectivity index (χ3n) is 8.43. The summed E-state index contributed by atoms with van der Waals surface area (Å²) in [7, 11) is 0. The molecule has 7 nitrogen and oxygen atoms in total. The zero-order valence-electron chi connectivity index (χ0n) is 24.9. The fourth-order valence-corrected chi connectivity index (χ4v) is 5.91. The number of carbonyl (C=O) groups excluding carboxylic acids is 2. The largest absolute Gasteiger partial charge is 0.378 e. The van der Waals surface area contributed by atoms with E-state index in [1.807, 2.05) is 66.7 Å². The Morgan fingerprint density at radius 1 is 0.643 bits per heavy atom. The maximum atomic E-state index is 13.4. The molecule has 2 aliphatic rings. The van der Waals surface area contributed by atoms with Gasteiger partial charge in [0.15, 0.2) is 11.6 Å². The fourth-order valence-electron chi connectivity index (χ4n) is 5.91. The zero-order valence-corrected chi connectivity index (χ0v) is 24.9. The van der Waals surface area contributed by atoms with Gasteiger partial charge in [0.05, 0.1) is 26.4 Å². The maximum Gasteiger partial charge on any atom is 0.164 e. The first kappa shape index (κ1) is 30.0. The first-order valence-electron chi connectivity index (χ1n) is 15.2. The maximum absolute atomic E-state index is 13.4. The molecule has 42 heavy (non-hydrogen) atoms. The molecule has 0 radical (unpaired) electrons. The summed E-state index contributed by atoms with van der Waals surface area (Å²) in [6.07, 6.45) is 0.771. The molecule has 0 amide bonds. The van der Waals surface area contributed by atoms with Crippen LogP contribution in [0.3, 0.4) is 0 Å². The van der Waals surface area contributed by atoms with Crippen LogP contribution in [0.2, 0.25) is 0 Å². The summed E-state index contributed by atoms with van der Waals surface area (Å²) in [6.45, 7) is 11.3. The Balaban J connectivity index is 1.24. The summed E-state index contributed by atoms with van der Waals surface area (Å²) in [5, 5.41) is 0. The second-order valence-corrected chi connectivity index (χ2v) is 11.4. The molecule has 0 bridgehead atoms. The van der Waals surface area contributed by atoms with Crippen molar-refractivity contribution in [1.29, 1.82) is 0 Å². The quantitative estimate of drug-likeness (QED) is 0.268. The summed E-state index contributed by atoms with van der Waals surface area (Å²) < 4.78 is 10.9. The third kappa shape index (κ3) is 7.85. The average Bonchev–Trinajstić information content (AvgIpc) is 3.05. The molecule has 0 N–H and O–H groups in total. The van der Waals surface area contributed by atoms with Crippen LogP contribution in [-0.4, -0.2) is 81.2 Å². The highest BCUT2D eigenvalue weighted by molar-refractivity contribution is 5.97. The molecule has 2 atom stereocenters. The summed E-state index contributed by atoms with van der Waals surface area (Å²) in [4.78, 5) is 33.7. The number of nitrogens with zero attached hydrogens (tertiary/aromatic N) is 3. The molecule has 3 aromatic rings. The van der Waals surface area contributed by atoms with Gasteiger partial charge in [0.2, 0.25) is 0 Å². The van der Waals surface area contributed by atoms with Gasteiger partial charge in [-0.05, 0) is 67.9 Å². The number of ketones is 2. The number of carbonyl (C=O) groups is 2. The minimum absolute atomic E-state index is 0.0388. The monoisotopic (exact) mass is 569 g/mol. The Morgan fingerprint density at radius 3 is 1.45 bits per heavy atom. The SMILES string of the molecule is CC(CC(=O)c1ccc(N2CCOCC2)cc1)N(Cc1ccccc1)C(C)CC(=O)c1ccc(N2CCOCC2)cc1. The molecule has 2 fully saturated rings. The Labute approximate surface area is 250 Å². The van der Waals surface area contributed by atoms with Gasteiger partial charge in [-0.3, -0.25) is 14.5 Å². The first-order valence-corrected chi connectivity index (χ1v) is 15.2. The van der Waals surface area contributed by atoms with Gasteiger partial charge in [-0.1, -0.05) is 30.3 Å². The topological polar surface area (TPSA) is 62.3 Å². The molecule has 0 spiro atoms. The van der Waals surface area contributed by atoms with Crippen LogP contribution in [0, 0.1) is 0 Å². The van der Waals surface area contributed by atoms with Gasteiger partial charge in [-0.25, -0.2) is 0 Å². The van der Waals surface area contributed by atoms with Crippen LogP contribution in [0.25, 0.3) is 0 Å². The highest BCUT2D eigenvalue weighted by atomic mass is 16.5. The minimum Gasteiger partial charge on any atom is -0.378 e. The van der Waals surface area contributed by atoms with Crippen LogP contribution in [0.15, 0.2) is 78.9 Å². The van der Waals surface area contributed by atoms with Gasteiger partial charge in [0.1, 0.15) is 0 Å². The van der Waals surface area contributed by atoms with Crippen molar-refractivity contribution in [2.45, 2.75) is 45.3 Å². The van der Waals surface area contributed by atoms with Gasteiger partial charge in [0.25, 0.3) is 0 Å². The molecule has 2 aliphatic heterocycles. The molecule has 2 unspecified atom stereocenters. The van der Waals surface area contributed by atoms with Crippen LogP contribution in [0.5, 0.6) is 0 Å². The molecule has 2 saturated heterocycles. The normalized spacial score (nSPS) is 17.2. The number of rotatable bonds is 12. The summed E-state index contributed by atoms with van der Waals surface area (Å²) in [5.41, 5.74) is 4.86. The van der Waals surface area contributed by atoms with Crippen LogP contribution in [0.1, 0.15) is 53.0 Å². The second kappa shape index (κ2) is 14.6. The zero-order chi connectivity index (χ0) is 29.3. The van der Waals surface area contributed by atoms with Crippen LogP contribution in [0.4, 0.5) is 11.4 Å². The fraction of sp³-hybridized carbons (Fsp3) is 0.429. The molecular weight excluding hydrogens is 526 g/mol. The van der Waals surface area contributed by atoms with Gasteiger partial charge in [-0.2, -0.15) is 0 Å². The second-order valence-electron chi connectivity index (χ2n) is 11.4. The van der Waals surface area contributed by atoms with Crippen LogP contribution in [-0.2, 0) is 16.0 Å². The number of morpholine rings is 2. The van der Waals surface area contributed by atoms with Crippen LogP contribution < -0.4 is 9.80 Å². The van der Waals surface area contributed by atoms with Crippen molar-refractivity contribution in [3.05, 3.63) is 95.6 Å². The van der Waals surface area contributed by atoms with Crippen molar-refractivity contribution in [2.75, 3.05) is 62.4 Å². The van der Waals surface area contributed by atoms with Gasteiger partial charge < -0.3 is 19.3 Å². The van der Waals surface area contributed by atoms with Crippen molar-refractivity contribution in [1.82, 2.24) is 4.90 Å². The van der Waals surface area contributed by atoms with E-state index in [1.165, 1.54) is 5.56 Å². The Kier molecular flexibility index (Phi) is 10.4. The van der Waals surface area contributed by atoms with Crippen molar-refractivity contribution in [2.24, 2.45) is 0 Å². The third-order valence-corrected chi connectivity index (χ3v) is 8.43. The molecule has 0 saturated carbocycles. The van der Waals surface area contributed by atoms with Crippen molar-refractivity contribution >= 4 is 22.9 Å². The predicted molar refractivity (Wildman–Crippen MR) is 168 cm³/mol. The van der Waals surface area contributed by atoms with Gasteiger partial charge in [0, 0.05) is 80.2 Å². The standard InChI is InChI=1S/C35H43N3O4/c1-27(24-34(39)30-8-12-32(13-9-30)36-16-20-41-21-17-36)38(26-29-6-4-3-5-7-29)28(2)25-35(40)31-10-14-33(15-11-31)37-18-22-42-23-19-37/h3-15,27-28H,16-26H2,1-2H3. The predicted octanol–water partition coefficient (Wildman–Crippen LogP) is 5.48. The lowest BCUT2D eigenvalue weighted by molar-refractivity contribution is 0.0810. The van der Waals surface area contributed by atoms with Crippen molar-refractivity contribution in [3.8, 4) is 0 Å². The average molecular weight is 570 g/mol. The smallest absolute Gasteiger partial charge is 0.164 e. The Hall–Kier alpha value is -3.52. The summed E-state index contributed by atoms with van der Waals surface area (Å²) in [5.74, 6) is 0.234. The first-order chi connectivity index (χ1) is 20.5. The number of benzene rings is 3. The van der Waals surface area contributed by atoms with E-state index < -0.39 is 0 Å². The lowest BCUT2D eigenvalue weighted by atomic mass is 9.98. The highest BCUT2D eigenvalue weighted by Gasteiger charge is 2.26. The molecule has 5 rings (SSSR count). The molecule has 0 aliphatic carbocycles. The lowest BCUT2D eigenvalue weighted by Gasteiger charge is -2.34. The van der Waals surface area contributed by atoms with Crippen LogP contribution >= 0.6 is 0 Å². The number of anilines is 2. The van der Waals surface area contributed by atoms with E-state index in [4.69, 9.17) is 9.47 Å². The van der Waals surface area contributed by atoms with E-state index in [0.29, 0.717) is 19.4 Å². The molecule has 2 heterocycles. The summed E-state index contributed by atoms with van der Waals surface area (Å²) >= 11 is 0. The van der Waals surface area contributed by atoms with E-state index in [-0.39, 0.29) is 23.7 Å². The minimum atomic E-state index is -0.0388. The highest BCUT2D eigenvalue weighted by Crippen LogP contribution is 2.23.